The Kier molecular flexibility index (Phi) is 8.82. The number of hydrogen-bond acceptors (Lipinski definition) is 6. The first kappa shape index (κ1) is 26.0. The van der Waals surface area contributed by atoms with Crippen LogP contribution in [0.15, 0.2) is 42.6 Å². The Labute approximate surface area is 210 Å². The van der Waals surface area contributed by atoms with Crippen LogP contribution < -0.4 is 21.3 Å². The molecular weight excluding hydrogens is 466 g/mol. The molecule has 1 aromatic carbocycles. The van der Waals surface area contributed by atoms with Gasteiger partial charge in [0.1, 0.15) is 11.6 Å². The number of hydrogen-bond donors (Lipinski definition) is 3. The van der Waals surface area contributed by atoms with Crippen molar-refractivity contribution in [2.24, 2.45) is 5.73 Å². The zero-order valence-corrected chi connectivity index (χ0v) is 20.3. The largest absolute Gasteiger partial charge is 0.350 e. The molecule has 8 nitrogen and oxygen atoms in total. The zero-order valence-electron chi connectivity index (χ0n) is 20.3. The summed E-state index contributed by atoms with van der Waals surface area (Å²) >= 11 is 0. The summed E-state index contributed by atoms with van der Waals surface area (Å²) in [6, 6.07) is 9.71. The van der Waals surface area contributed by atoms with Crippen LogP contribution in [0.5, 0.6) is 0 Å². The van der Waals surface area contributed by atoms with Crippen molar-refractivity contribution in [1.82, 2.24) is 20.5 Å². The number of nitrogens with one attached hydrogen (secondary N) is 2. The molecule has 2 aliphatic rings. The number of aromatic nitrogens is 1. The molecule has 2 fully saturated rings. The van der Waals surface area contributed by atoms with E-state index < -0.39 is 6.30 Å². The molecule has 194 valence electrons. The number of carbonyl (C=O) groups is 2. The highest BCUT2D eigenvalue weighted by Gasteiger charge is 2.34. The first-order chi connectivity index (χ1) is 17.5. The molecule has 0 saturated carbocycles. The Morgan fingerprint density at radius 1 is 1.19 bits per heavy atom. The maximum absolute atomic E-state index is 14.7. The van der Waals surface area contributed by atoms with E-state index in [1.54, 1.807) is 28.0 Å². The van der Waals surface area contributed by atoms with Gasteiger partial charge in [-0.15, -0.1) is 0 Å². The van der Waals surface area contributed by atoms with Gasteiger partial charge < -0.3 is 20.9 Å². The van der Waals surface area contributed by atoms with E-state index in [2.05, 4.69) is 15.6 Å². The molecule has 2 amide bonds. The maximum atomic E-state index is 14.7. The number of alkyl halides is 1. The number of likely N-dealkylation sites (tertiary alicyclic amines) is 1. The van der Waals surface area contributed by atoms with Gasteiger partial charge >= 0.3 is 0 Å². The van der Waals surface area contributed by atoms with Gasteiger partial charge in [-0.05, 0) is 62.1 Å². The fourth-order valence-corrected chi connectivity index (χ4v) is 4.91. The Balaban J connectivity index is 1.30. The monoisotopic (exact) mass is 500 g/mol. The topological polar surface area (TPSA) is 104 Å². The number of carbonyl (C=O) groups excluding carboxylic acids is 2. The van der Waals surface area contributed by atoms with Crippen molar-refractivity contribution in [2.45, 2.75) is 57.0 Å². The highest BCUT2D eigenvalue weighted by molar-refractivity contribution is 5.94. The fourth-order valence-electron chi connectivity index (χ4n) is 4.91. The number of benzene rings is 1. The number of amides is 2. The number of nitrogens with two attached hydrogens (primary N) is 1. The fraction of sp³-hybridized carbons (Fsp3) is 0.500. The molecule has 10 heteroatoms. The van der Waals surface area contributed by atoms with Crippen LogP contribution in [0.1, 0.15) is 48.0 Å². The quantitative estimate of drug-likeness (QED) is 0.410. The summed E-state index contributed by atoms with van der Waals surface area (Å²) in [6.45, 7) is 2.06. The van der Waals surface area contributed by atoms with E-state index in [0.717, 1.165) is 12.0 Å². The molecule has 2 aromatic rings. The predicted octanol–water partition coefficient (Wildman–Crippen LogP) is 2.34. The number of anilines is 1. The lowest BCUT2D eigenvalue weighted by Gasteiger charge is -2.28. The molecule has 2 saturated heterocycles. The lowest BCUT2D eigenvalue weighted by atomic mass is 10.1. The van der Waals surface area contributed by atoms with E-state index in [0.29, 0.717) is 69.7 Å². The number of rotatable bonds is 11. The summed E-state index contributed by atoms with van der Waals surface area (Å²) < 4.78 is 28.1. The maximum Gasteiger partial charge on any atom is 0.252 e. The molecule has 0 radical (unpaired) electrons. The van der Waals surface area contributed by atoms with Gasteiger partial charge in [0.05, 0.1) is 11.7 Å². The van der Waals surface area contributed by atoms with Gasteiger partial charge in [-0.2, -0.15) is 0 Å². The van der Waals surface area contributed by atoms with Crippen LogP contribution in [-0.4, -0.2) is 66.4 Å². The van der Waals surface area contributed by atoms with Crippen molar-refractivity contribution >= 4 is 17.6 Å². The summed E-state index contributed by atoms with van der Waals surface area (Å²) in [5.74, 6) is -0.00341. The van der Waals surface area contributed by atoms with Gasteiger partial charge in [-0.3, -0.25) is 14.9 Å². The van der Waals surface area contributed by atoms with E-state index in [9.17, 15) is 18.4 Å². The summed E-state index contributed by atoms with van der Waals surface area (Å²) in [7, 11) is 0. The van der Waals surface area contributed by atoms with E-state index in [-0.39, 0.29) is 29.8 Å². The van der Waals surface area contributed by atoms with Crippen molar-refractivity contribution in [2.75, 3.05) is 31.1 Å². The molecule has 2 unspecified atom stereocenters. The molecule has 3 heterocycles. The molecule has 36 heavy (non-hydrogen) atoms. The minimum absolute atomic E-state index is 0.0312. The Morgan fingerprint density at radius 3 is 2.81 bits per heavy atom. The lowest BCUT2D eigenvalue weighted by molar-refractivity contribution is -0.128. The standard InChI is InChI=1S/C26H34F2N6O2/c27-20-4-1-3-18(15-20)11-13-30-23-9-7-22(28)34(23)24-8-5-19(16-31-24)26(36)32-17-21-6-10-25(35)33(21)14-2-12-29/h1,3-5,8,15-16,21-23,30H,2,6-7,9-14,17,29H2,(H,32,36)/t21-,22?,23?/m1/s1. The second-order valence-electron chi connectivity index (χ2n) is 9.31. The highest BCUT2D eigenvalue weighted by Crippen LogP contribution is 2.29. The summed E-state index contributed by atoms with van der Waals surface area (Å²) in [6.07, 6.45) is 3.59. The van der Waals surface area contributed by atoms with Crippen molar-refractivity contribution in [3.63, 3.8) is 0 Å². The summed E-state index contributed by atoms with van der Waals surface area (Å²) in [5, 5.41) is 6.23. The third-order valence-electron chi connectivity index (χ3n) is 6.83. The summed E-state index contributed by atoms with van der Waals surface area (Å²) in [4.78, 5) is 32.5. The second-order valence-corrected chi connectivity index (χ2v) is 9.31. The van der Waals surface area contributed by atoms with Crippen molar-refractivity contribution in [1.29, 1.82) is 0 Å². The van der Waals surface area contributed by atoms with Crippen LogP contribution in [0, 0.1) is 5.82 Å². The number of nitrogens with zero attached hydrogens (tertiary/aromatic N) is 3. The van der Waals surface area contributed by atoms with E-state index in [1.165, 1.54) is 18.3 Å². The van der Waals surface area contributed by atoms with Gasteiger partial charge in [0.25, 0.3) is 5.91 Å². The molecule has 4 rings (SSSR count). The van der Waals surface area contributed by atoms with Gasteiger partial charge in [0.15, 0.2) is 6.30 Å². The van der Waals surface area contributed by atoms with Crippen molar-refractivity contribution in [3.8, 4) is 0 Å². The van der Waals surface area contributed by atoms with Crippen molar-refractivity contribution < 1.29 is 18.4 Å². The molecule has 0 bridgehead atoms. The van der Waals surface area contributed by atoms with Gasteiger partial charge in [0.2, 0.25) is 5.91 Å². The van der Waals surface area contributed by atoms with E-state index in [1.807, 2.05) is 6.07 Å². The normalized spacial score (nSPS) is 21.9. The van der Waals surface area contributed by atoms with Crippen LogP contribution in [0.25, 0.3) is 0 Å². The first-order valence-corrected chi connectivity index (χ1v) is 12.6. The van der Waals surface area contributed by atoms with Crippen LogP contribution >= 0.6 is 0 Å². The van der Waals surface area contributed by atoms with Crippen molar-refractivity contribution in [3.05, 3.63) is 59.5 Å². The third kappa shape index (κ3) is 6.36. The predicted molar refractivity (Wildman–Crippen MR) is 133 cm³/mol. The molecule has 3 atom stereocenters. The Bertz CT molecular complexity index is 1040. The SMILES string of the molecule is NCCCN1C(=O)CC[C@@H]1CNC(=O)c1ccc(N2C(F)CCC2NCCc2cccc(F)c2)nc1. The van der Waals surface area contributed by atoms with E-state index in [4.69, 9.17) is 5.73 Å². The molecule has 2 aliphatic heterocycles. The smallest absolute Gasteiger partial charge is 0.252 e. The average molecular weight is 501 g/mol. The van der Waals surface area contributed by atoms with Crippen LogP contribution in [0.3, 0.4) is 0 Å². The Hall–Kier alpha value is -3.11. The second kappa shape index (κ2) is 12.2. The molecule has 0 spiro atoms. The Morgan fingerprint density at radius 2 is 2.06 bits per heavy atom. The zero-order chi connectivity index (χ0) is 25.5. The van der Waals surface area contributed by atoms with Crippen LogP contribution in [-0.2, 0) is 11.2 Å². The molecule has 4 N–H and O–H groups in total. The van der Waals surface area contributed by atoms with Crippen LogP contribution in [0.2, 0.25) is 0 Å². The lowest BCUT2D eigenvalue weighted by Crippen LogP contribution is -2.45. The summed E-state index contributed by atoms with van der Waals surface area (Å²) in [5.41, 5.74) is 6.82. The first-order valence-electron chi connectivity index (χ1n) is 12.6. The average Bonchev–Trinajstić information content (AvgIpc) is 3.42. The van der Waals surface area contributed by atoms with E-state index >= 15 is 0 Å². The van der Waals surface area contributed by atoms with Crippen LogP contribution in [0.4, 0.5) is 14.6 Å². The minimum atomic E-state index is -1.18. The number of halogens is 2. The van der Waals surface area contributed by atoms with Gasteiger partial charge in [-0.1, -0.05) is 12.1 Å². The minimum Gasteiger partial charge on any atom is -0.350 e. The van der Waals surface area contributed by atoms with Gasteiger partial charge in [0, 0.05) is 44.7 Å². The third-order valence-corrected chi connectivity index (χ3v) is 6.83. The van der Waals surface area contributed by atoms with Gasteiger partial charge in [-0.25, -0.2) is 13.8 Å². The molecular formula is C26H34F2N6O2. The highest BCUT2D eigenvalue weighted by atomic mass is 19.1. The molecule has 0 aliphatic carbocycles. The molecule has 1 aromatic heterocycles. The number of pyridine rings is 1.